The summed E-state index contributed by atoms with van der Waals surface area (Å²) < 4.78 is 8.28. The smallest absolute Gasteiger partial charge is 0.153 e. The number of hydrogen-bond donors (Lipinski definition) is 0. The second-order valence-corrected chi connectivity index (χ2v) is 7.65. The number of para-hydroxylation sites is 1. The lowest BCUT2D eigenvalue weighted by molar-refractivity contribution is 0.243. The molecule has 0 saturated carbocycles. The molecule has 2 heterocycles. The first-order valence-electron chi connectivity index (χ1n) is 7.46. The maximum absolute atomic E-state index is 6.00. The van der Waals surface area contributed by atoms with Crippen LogP contribution in [0.2, 0.25) is 0 Å². The molecule has 1 radical (unpaired) electrons. The summed E-state index contributed by atoms with van der Waals surface area (Å²) in [5.74, 6) is 0.892. The lowest BCUT2D eigenvalue weighted by atomic mass is 10.0. The quantitative estimate of drug-likeness (QED) is 0.496. The number of nitrogens with zero attached hydrogens (tertiary/aromatic N) is 2. The molecule has 4 aromatic rings. The van der Waals surface area contributed by atoms with E-state index in [1.54, 1.807) is 22.7 Å². The molecule has 0 saturated heterocycles. The number of fused-ring (bicyclic) bond motifs is 3. The average molecular weight is 339 g/mol. The highest BCUT2D eigenvalue weighted by atomic mass is 32.1. The number of aryl methyl sites for hydroxylation is 1. The van der Waals surface area contributed by atoms with Gasteiger partial charge >= 0.3 is 0 Å². The molecule has 0 spiro atoms. The van der Waals surface area contributed by atoms with Gasteiger partial charge < -0.3 is 4.74 Å². The van der Waals surface area contributed by atoms with Gasteiger partial charge in [0, 0.05) is 11.1 Å². The Morgan fingerprint density at radius 3 is 2.78 bits per heavy atom. The molecular weight excluding hydrogens is 324 g/mol. The van der Waals surface area contributed by atoms with Crippen molar-refractivity contribution in [3.63, 3.8) is 0 Å². The van der Waals surface area contributed by atoms with Crippen molar-refractivity contribution in [1.29, 1.82) is 0 Å². The summed E-state index contributed by atoms with van der Waals surface area (Å²) >= 11 is 3.23. The summed E-state index contributed by atoms with van der Waals surface area (Å²) in [5.41, 5.74) is 7.22. The molecule has 0 fully saturated rings. The summed E-state index contributed by atoms with van der Waals surface area (Å²) in [4.78, 5) is 9.11. The van der Waals surface area contributed by atoms with Crippen LogP contribution in [0.3, 0.4) is 0 Å². The van der Waals surface area contributed by atoms with Crippen LogP contribution in [0.25, 0.3) is 31.6 Å². The molecule has 2 aromatic carbocycles. The zero-order valence-electron chi connectivity index (χ0n) is 13.1. The highest BCUT2D eigenvalue weighted by Gasteiger charge is 2.17. The monoisotopic (exact) mass is 339 g/mol. The van der Waals surface area contributed by atoms with E-state index in [1.165, 1.54) is 0 Å². The molecule has 2 aromatic heterocycles. The Morgan fingerprint density at radius 1 is 1.13 bits per heavy atom. The Balaban J connectivity index is 2.03. The summed E-state index contributed by atoms with van der Waals surface area (Å²) in [6.07, 6.45) is 0.130. The molecule has 4 rings (SSSR count). The van der Waals surface area contributed by atoms with E-state index in [1.807, 2.05) is 39.0 Å². The molecule has 5 heteroatoms. The molecule has 3 nitrogen and oxygen atoms in total. The Hall–Kier alpha value is -1.98. The van der Waals surface area contributed by atoms with Gasteiger partial charge in [0.15, 0.2) is 5.51 Å². The molecule has 0 amide bonds. The number of benzene rings is 2. The van der Waals surface area contributed by atoms with Crippen LogP contribution in [0.5, 0.6) is 5.75 Å². The molecule has 0 N–H and O–H groups in total. The summed E-state index contributed by atoms with van der Waals surface area (Å²) in [6.45, 7) is 6.11. The molecule has 0 aliphatic rings. The van der Waals surface area contributed by atoms with Gasteiger partial charge in [-0.15, -0.1) is 22.7 Å². The maximum atomic E-state index is 6.00. The van der Waals surface area contributed by atoms with E-state index in [0.717, 1.165) is 42.3 Å². The number of thiazole rings is 2. The van der Waals surface area contributed by atoms with Crippen LogP contribution in [0.15, 0.2) is 30.3 Å². The third-order valence-corrected chi connectivity index (χ3v) is 5.35. The van der Waals surface area contributed by atoms with E-state index in [4.69, 9.17) is 4.74 Å². The number of ether oxygens (including phenoxy) is 1. The Bertz CT molecular complexity index is 1000. The van der Waals surface area contributed by atoms with E-state index >= 15 is 0 Å². The fourth-order valence-electron chi connectivity index (χ4n) is 2.71. The molecule has 23 heavy (non-hydrogen) atoms. The van der Waals surface area contributed by atoms with Crippen LogP contribution in [0.1, 0.15) is 18.9 Å². The van der Waals surface area contributed by atoms with Crippen LogP contribution >= 0.6 is 22.7 Å². The van der Waals surface area contributed by atoms with Crippen molar-refractivity contribution >= 4 is 43.1 Å². The third-order valence-electron chi connectivity index (χ3n) is 3.56. The van der Waals surface area contributed by atoms with Gasteiger partial charge in [0.1, 0.15) is 11.3 Å². The van der Waals surface area contributed by atoms with Crippen molar-refractivity contribution in [3.8, 4) is 16.9 Å². The van der Waals surface area contributed by atoms with Crippen LogP contribution in [0, 0.1) is 12.4 Å². The predicted octanol–water partition coefficient (Wildman–Crippen LogP) is 5.47. The number of rotatable bonds is 3. The molecule has 0 aliphatic heterocycles. The van der Waals surface area contributed by atoms with Gasteiger partial charge in [-0.25, -0.2) is 9.97 Å². The lowest BCUT2D eigenvalue weighted by Gasteiger charge is -2.14. The van der Waals surface area contributed by atoms with Gasteiger partial charge in [0.2, 0.25) is 0 Å². The molecule has 0 bridgehead atoms. The van der Waals surface area contributed by atoms with Crippen molar-refractivity contribution in [3.05, 3.63) is 40.8 Å². The van der Waals surface area contributed by atoms with Crippen molar-refractivity contribution in [2.24, 2.45) is 0 Å². The van der Waals surface area contributed by atoms with Gasteiger partial charge in [-0.05, 0) is 32.9 Å². The standard InChI is InChI=1S/C18H15N2OS2/c1-10(2)21-15-7-5-4-6-12(15)13-8-14-18(23-11(3)20-14)16-17(13)22-9-19-16/h4-8,10H,1-3H3. The first-order chi connectivity index (χ1) is 11.1. The molecule has 115 valence electrons. The molecular formula is C18H15N2OS2. The van der Waals surface area contributed by atoms with E-state index in [9.17, 15) is 0 Å². The largest absolute Gasteiger partial charge is 0.490 e. The second kappa shape index (κ2) is 5.58. The van der Waals surface area contributed by atoms with Crippen molar-refractivity contribution in [2.75, 3.05) is 0 Å². The number of hydrogen-bond acceptors (Lipinski definition) is 5. The lowest BCUT2D eigenvalue weighted by Crippen LogP contribution is -2.06. The Morgan fingerprint density at radius 2 is 1.96 bits per heavy atom. The highest BCUT2D eigenvalue weighted by molar-refractivity contribution is 7.21. The Kier molecular flexibility index (Phi) is 3.54. The van der Waals surface area contributed by atoms with Crippen LogP contribution < -0.4 is 4.74 Å². The van der Waals surface area contributed by atoms with E-state index in [2.05, 4.69) is 27.6 Å². The fraction of sp³-hybridized carbons (Fsp3) is 0.222. The normalized spacial score (nSPS) is 11.7. The van der Waals surface area contributed by atoms with E-state index < -0.39 is 0 Å². The van der Waals surface area contributed by atoms with E-state index in [0.29, 0.717) is 0 Å². The van der Waals surface area contributed by atoms with Crippen LogP contribution in [-0.4, -0.2) is 16.1 Å². The van der Waals surface area contributed by atoms with Gasteiger partial charge in [0.05, 0.1) is 26.0 Å². The molecule has 0 unspecified atom stereocenters. The SMILES string of the molecule is Cc1nc2cc(-c3ccccc3OC(C)C)c3s[c]nc3c2s1. The third kappa shape index (κ3) is 2.50. The van der Waals surface area contributed by atoms with Crippen molar-refractivity contribution in [1.82, 2.24) is 9.97 Å². The fourth-order valence-corrected chi connectivity index (χ4v) is 4.42. The first-order valence-corrected chi connectivity index (χ1v) is 9.09. The topological polar surface area (TPSA) is 35.0 Å². The zero-order valence-corrected chi connectivity index (χ0v) is 14.7. The van der Waals surface area contributed by atoms with Gasteiger partial charge in [0.25, 0.3) is 0 Å². The van der Waals surface area contributed by atoms with E-state index in [-0.39, 0.29) is 6.10 Å². The molecule has 0 atom stereocenters. The Labute approximate surface area is 142 Å². The minimum Gasteiger partial charge on any atom is -0.490 e. The van der Waals surface area contributed by atoms with Gasteiger partial charge in [-0.1, -0.05) is 18.2 Å². The van der Waals surface area contributed by atoms with Crippen LogP contribution in [-0.2, 0) is 0 Å². The van der Waals surface area contributed by atoms with Gasteiger partial charge in [-0.3, -0.25) is 0 Å². The molecule has 0 aliphatic carbocycles. The second-order valence-electron chi connectivity index (χ2n) is 5.65. The van der Waals surface area contributed by atoms with Crippen molar-refractivity contribution in [2.45, 2.75) is 26.9 Å². The zero-order chi connectivity index (χ0) is 16.0. The highest BCUT2D eigenvalue weighted by Crippen LogP contribution is 2.41. The minimum atomic E-state index is 0.130. The van der Waals surface area contributed by atoms with Crippen LogP contribution in [0.4, 0.5) is 0 Å². The number of aromatic nitrogens is 2. The maximum Gasteiger partial charge on any atom is 0.153 e. The summed E-state index contributed by atoms with van der Waals surface area (Å²) in [7, 11) is 0. The summed E-state index contributed by atoms with van der Waals surface area (Å²) in [6, 6.07) is 10.3. The van der Waals surface area contributed by atoms with Crippen molar-refractivity contribution < 1.29 is 4.74 Å². The average Bonchev–Trinajstić information content (AvgIpc) is 3.11. The predicted molar refractivity (Wildman–Crippen MR) is 97.6 cm³/mol. The summed E-state index contributed by atoms with van der Waals surface area (Å²) in [5, 5.41) is 1.05. The minimum absolute atomic E-state index is 0.130. The first kappa shape index (κ1) is 14.6. The van der Waals surface area contributed by atoms with Gasteiger partial charge in [-0.2, -0.15) is 0 Å².